The fourth-order valence-corrected chi connectivity index (χ4v) is 9.28. The predicted molar refractivity (Wildman–Crippen MR) is 166 cm³/mol. The van der Waals surface area contributed by atoms with Crippen molar-refractivity contribution in [2.45, 2.75) is 132 Å². The molecule has 4 aliphatic carbocycles. The van der Waals surface area contributed by atoms with Crippen LogP contribution in [0.5, 0.6) is 0 Å². The SMILES string of the molecule is CC(C)CCC[C@@H](C)[C@H]1CC[C@H]2[C@@H]3CC=C4C[C@@H](OC(=O)NCC(C)(C)C)CC[C@]4(C)[C@H]3CC[C@]12C.I. The van der Waals surface area contributed by atoms with Gasteiger partial charge >= 0.3 is 6.09 Å². The molecule has 8 atom stereocenters. The van der Waals surface area contributed by atoms with Gasteiger partial charge < -0.3 is 10.1 Å². The summed E-state index contributed by atoms with van der Waals surface area (Å²) in [6, 6.07) is 0. The van der Waals surface area contributed by atoms with Crippen molar-refractivity contribution in [3.05, 3.63) is 11.6 Å². The molecule has 0 spiro atoms. The third-order valence-electron chi connectivity index (χ3n) is 11.3. The van der Waals surface area contributed by atoms with E-state index in [1.165, 1.54) is 57.8 Å². The number of ether oxygens (including phenoxy) is 1. The second-order valence-electron chi connectivity index (χ2n) is 15.5. The first-order chi connectivity index (χ1) is 16.8. The maximum absolute atomic E-state index is 12.4. The molecule has 0 radical (unpaired) electrons. The Bertz CT molecular complexity index is 816. The van der Waals surface area contributed by atoms with Crippen LogP contribution in [0.3, 0.4) is 0 Å². The summed E-state index contributed by atoms with van der Waals surface area (Å²) in [5.41, 5.74) is 2.54. The molecule has 1 N–H and O–H groups in total. The molecule has 4 heteroatoms. The highest BCUT2D eigenvalue weighted by Gasteiger charge is 2.59. The van der Waals surface area contributed by atoms with Gasteiger partial charge in [-0.1, -0.05) is 86.3 Å². The van der Waals surface area contributed by atoms with Crippen molar-refractivity contribution >= 4 is 30.1 Å². The molecular weight excluding hydrogens is 569 g/mol. The Morgan fingerprint density at radius 1 is 1.05 bits per heavy atom. The number of halogens is 1. The number of amides is 1. The molecule has 3 saturated carbocycles. The third kappa shape index (κ3) is 6.73. The van der Waals surface area contributed by atoms with Crippen molar-refractivity contribution < 1.29 is 9.53 Å². The lowest BCUT2D eigenvalue weighted by Gasteiger charge is -2.58. The number of fused-ring (bicyclic) bond motifs is 5. The van der Waals surface area contributed by atoms with Gasteiger partial charge in [0.1, 0.15) is 6.10 Å². The minimum Gasteiger partial charge on any atom is -0.446 e. The van der Waals surface area contributed by atoms with E-state index >= 15 is 0 Å². The zero-order chi connectivity index (χ0) is 26.3. The normalized spacial score (nSPS) is 38.0. The molecule has 0 aliphatic heterocycles. The van der Waals surface area contributed by atoms with Gasteiger partial charge in [-0.25, -0.2) is 4.79 Å². The Labute approximate surface area is 246 Å². The van der Waals surface area contributed by atoms with Gasteiger partial charge in [-0.3, -0.25) is 0 Å². The van der Waals surface area contributed by atoms with Gasteiger partial charge in [0.2, 0.25) is 0 Å². The van der Waals surface area contributed by atoms with Crippen molar-refractivity contribution in [3.8, 4) is 0 Å². The molecule has 0 bridgehead atoms. The average molecular weight is 628 g/mol. The van der Waals surface area contributed by atoms with Gasteiger partial charge in [0.05, 0.1) is 0 Å². The smallest absolute Gasteiger partial charge is 0.407 e. The molecule has 4 rings (SSSR count). The van der Waals surface area contributed by atoms with Crippen molar-refractivity contribution in [2.24, 2.45) is 51.8 Å². The number of carbonyl (C=O) groups is 1. The van der Waals surface area contributed by atoms with E-state index in [-0.39, 0.29) is 41.6 Å². The van der Waals surface area contributed by atoms with E-state index in [2.05, 4.69) is 66.8 Å². The van der Waals surface area contributed by atoms with Crippen LogP contribution in [0.4, 0.5) is 4.79 Å². The fourth-order valence-electron chi connectivity index (χ4n) is 9.28. The first kappa shape index (κ1) is 31.3. The van der Waals surface area contributed by atoms with Gasteiger partial charge in [0, 0.05) is 13.0 Å². The lowest BCUT2D eigenvalue weighted by molar-refractivity contribution is -0.0581. The summed E-state index contributed by atoms with van der Waals surface area (Å²) in [6.07, 6.45) is 16.8. The maximum Gasteiger partial charge on any atom is 0.407 e. The highest BCUT2D eigenvalue weighted by atomic mass is 127. The zero-order valence-corrected chi connectivity index (χ0v) is 27.7. The molecule has 3 fully saturated rings. The Morgan fingerprint density at radius 2 is 1.78 bits per heavy atom. The minimum absolute atomic E-state index is 0. The molecule has 214 valence electrons. The van der Waals surface area contributed by atoms with Crippen LogP contribution in [0.15, 0.2) is 11.6 Å². The van der Waals surface area contributed by atoms with Crippen molar-refractivity contribution in [2.75, 3.05) is 6.54 Å². The van der Waals surface area contributed by atoms with Gasteiger partial charge in [0.25, 0.3) is 0 Å². The Balaban J connectivity index is 0.00000380. The van der Waals surface area contributed by atoms with E-state index in [1.807, 2.05) is 0 Å². The standard InChI is InChI=1S/C33H57NO2.HI/c1-22(2)10-9-11-23(3)27-14-15-28-26-13-12-24-20-25(36-30(35)34-21-31(4,5)6)16-18-32(24,7)29(26)17-19-33(27,28)8;/h12,22-23,25-29H,9-11,13-21H2,1-8H3,(H,34,35);1H/t23-,25+,26+,27-,28+,29+,32+,33-;/m1./s1. The second-order valence-corrected chi connectivity index (χ2v) is 15.5. The molecule has 0 aromatic heterocycles. The predicted octanol–water partition coefficient (Wildman–Crippen LogP) is 9.79. The van der Waals surface area contributed by atoms with Crippen LogP contribution < -0.4 is 5.32 Å². The van der Waals surface area contributed by atoms with E-state index in [9.17, 15) is 4.79 Å². The van der Waals surface area contributed by atoms with Gasteiger partial charge in [-0.05, 0) is 96.7 Å². The molecule has 0 heterocycles. The van der Waals surface area contributed by atoms with Crippen LogP contribution in [0.2, 0.25) is 0 Å². The maximum atomic E-state index is 12.4. The fraction of sp³-hybridized carbons (Fsp3) is 0.909. The number of nitrogens with one attached hydrogen (secondary N) is 1. The number of carbonyl (C=O) groups excluding carboxylic acids is 1. The Kier molecular flexibility index (Phi) is 10.2. The topological polar surface area (TPSA) is 38.3 Å². The summed E-state index contributed by atoms with van der Waals surface area (Å²) < 4.78 is 5.90. The second kappa shape index (κ2) is 12.1. The van der Waals surface area contributed by atoms with Crippen LogP contribution >= 0.6 is 24.0 Å². The van der Waals surface area contributed by atoms with Crippen molar-refractivity contribution in [1.29, 1.82) is 0 Å². The van der Waals surface area contributed by atoms with E-state index < -0.39 is 0 Å². The summed E-state index contributed by atoms with van der Waals surface area (Å²) in [7, 11) is 0. The lowest BCUT2D eigenvalue weighted by Crippen LogP contribution is -2.51. The van der Waals surface area contributed by atoms with Crippen molar-refractivity contribution in [3.63, 3.8) is 0 Å². The Hall–Kier alpha value is -0.260. The van der Waals surface area contributed by atoms with Gasteiger partial charge in [0.15, 0.2) is 0 Å². The lowest BCUT2D eigenvalue weighted by atomic mass is 9.47. The molecule has 0 aromatic carbocycles. The molecule has 4 aliphatic rings. The first-order valence-electron chi connectivity index (χ1n) is 15.5. The molecule has 0 saturated heterocycles. The van der Waals surface area contributed by atoms with E-state index in [0.717, 1.165) is 48.3 Å². The van der Waals surface area contributed by atoms with Crippen LogP contribution in [0.1, 0.15) is 126 Å². The van der Waals surface area contributed by atoms with Gasteiger partial charge in [-0.15, -0.1) is 24.0 Å². The summed E-state index contributed by atoms with van der Waals surface area (Å²) in [5.74, 6) is 5.21. The van der Waals surface area contributed by atoms with Crippen LogP contribution in [0, 0.1) is 51.8 Å². The summed E-state index contributed by atoms with van der Waals surface area (Å²) in [4.78, 5) is 12.4. The first-order valence-corrected chi connectivity index (χ1v) is 15.5. The summed E-state index contributed by atoms with van der Waals surface area (Å²) in [6.45, 7) is 19.6. The molecule has 3 nitrogen and oxygen atoms in total. The Morgan fingerprint density at radius 3 is 2.46 bits per heavy atom. The third-order valence-corrected chi connectivity index (χ3v) is 11.3. The van der Waals surface area contributed by atoms with Crippen LogP contribution in [-0.4, -0.2) is 18.7 Å². The largest absolute Gasteiger partial charge is 0.446 e. The monoisotopic (exact) mass is 627 g/mol. The summed E-state index contributed by atoms with van der Waals surface area (Å²) in [5, 5.41) is 2.98. The molecule has 0 unspecified atom stereocenters. The quantitative estimate of drug-likeness (QED) is 0.225. The highest BCUT2D eigenvalue weighted by molar-refractivity contribution is 14.0. The number of rotatable bonds is 7. The van der Waals surface area contributed by atoms with Crippen molar-refractivity contribution in [1.82, 2.24) is 5.32 Å². The van der Waals surface area contributed by atoms with E-state index in [4.69, 9.17) is 4.74 Å². The van der Waals surface area contributed by atoms with Gasteiger partial charge in [-0.2, -0.15) is 0 Å². The molecule has 1 amide bonds. The van der Waals surface area contributed by atoms with E-state index in [0.29, 0.717) is 17.4 Å². The molecule has 37 heavy (non-hydrogen) atoms. The zero-order valence-electron chi connectivity index (χ0n) is 25.3. The molecule has 0 aromatic rings. The number of hydrogen-bond acceptors (Lipinski definition) is 2. The molecular formula is C33H58INO2. The minimum atomic E-state index is -0.235. The number of alkyl carbamates (subject to hydrolysis) is 1. The highest BCUT2D eigenvalue weighted by Crippen LogP contribution is 2.67. The number of allylic oxidation sites excluding steroid dienone is 1. The van der Waals surface area contributed by atoms with Crippen LogP contribution in [0.25, 0.3) is 0 Å². The van der Waals surface area contributed by atoms with E-state index in [1.54, 1.807) is 5.57 Å². The van der Waals surface area contributed by atoms with Crippen LogP contribution in [-0.2, 0) is 4.74 Å². The summed E-state index contributed by atoms with van der Waals surface area (Å²) >= 11 is 0. The average Bonchev–Trinajstić information content (AvgIpc) is 3.14. The number of hydrogen-bond donors (Lipinski definition) is 1.